The van der Waals surface area contributed by atoms with Crippen LogP contribution in [0.2, 0.25) is 0 Å². The summed E-state index contributed by atoms with van der Waals surface area (Å²) in [7, 11) is 2.16. The van der Waals surface area contributed by atoms with Gasteiger partial charge in [0.15, 0.2) is 0 Å². The van der Waals surface area contributed by atoms with Gasteiger partial charge in [0, 0.05) is 30.8 Å². The van der Waals surface area contributed by atoms with E-state index in [4.69, 9.17) is 9.84 Å². The Morgan fingerprint density at radius 3 is 2.76 bits per heavy atom. The van der Waals surface area contributed by atoms with Crippen LogP contribution < -0.4 is 4.74 Å². The van der Waals surface area contributed by atoms with Gasteiger partial charge in [0.05, 0.1) is 6.20 Å². The van der Waals surface area contributed by atoms with Gasteiger partial charge < -0.3 is 14.7 Å². The fourth-order valence-corrected chi connectivity index (χ4v) is 3.15. The predicted molar refractivity (Wildman–Crippen MR) is 102 cm³/mol. The lowest BCUT2D eigenvalue weighted by atomic mass is 10.1. The molecule has 1 fully saturated rings. The SMILES string of the molecule is CN1CCCC1COc1cncc(C#CCCCCCCCCO)c1. The molecule has 25 heavy (non-hydrogen) atoms. The Morgan fingerprint density at radius 1 is 1.20 bits per heavy atom. The van der Waals surface area contributed by atoms with E-state index in [1.165, 1.54) is 38.6 Å². The van der Waals surface area contributed by atoms with Gasteiger partial charge in [-0.15, -0.1) is 0 Å². The van der Waals surface area contributed by atoms with E-state index >= 15 is 0 Å². The summed E-state index contributed by atoms with van der Waals surface area (Å²) < 4.78 is 5.90. The molecule has 4 heteroatoms. The Morgan fingerprint density at radius 2 is 2.00 bits per heavy atom. The molecule has 0 amide bonds. The van der Waals surface area contributed by atoms with Gasteiger partial charge in [0.1, 0.15) is 12.4 Å². The summed E-state index contributed by atoms with van der Waals surface area (Å²) in [6, 6.07) is 2.51. The van der Waals surface area contributed by atoms with Gasteiger partial charge >= 0.3 is 0 Å². The number of hydrogen-bond acceptors (Lipinski definition) is 4. The second kappa shape index (κ2) is 11.9. The molecular formula is C21H32N2O2. The molecule has 1 aliphatic heterocycles. The third-order valence-corrected chi connectivity index (χ3v) is 4.77. The van der Waals surface area contributed by atoms with E-state index in [2.05, 4.69) is 28.8 Å². The second-order valence-corrected chi connectivity index (χ2v) is 6.89. The monoisotopic (exact) mass is 344 g/mol. The van der Waals surface area contributed by atoms with Gasteiger partial charge in [-0.3, -0.25) is 4.98 Å². The summed E-state index contributed by atoms with van der Waals surface area (Å²) in [6.45, 7) is 2.21. The van der Waals surface area contributed by atoms with E-state index in [1.807, 2.05) is 6.07 Å². The third kappa shape index (κ3) is 7.90. The highest BCUT2D eigenvalue weighted by Gasteiger charge is 2.21. The van der Waals surface area contributed by atoms with E-state index in [0.717, 1.165) is 43.6 Å². The first-order chi connectivity index (χ1) is 12.3. The van der Waals surface area contributed by atoms with Crippen molar-refractivity contribution in [3.05, 3.63) is 24.0 Å². The van der Waals surface area contributed by atoms with E-state index in [9.17, 15) is 0 Å². The van der Waals surface area contributed by atoms with Crippen LogP contribution in [0.5, 0.6) is 5.75 Å². The van der Waals surface area contributed by atoms with Crippen LogP contribution in [0.3, 0.4) is 0 Å². The molecule has 4 nitrogen and oxygen atoms in total. The average Bonchev–Trinajstić information content (AvgIpc) is 3.04. The number of hydrogen-bond donors (Lipinski definition) is 1. The maximum Gasteiger partial charge on any atom is 0.138 e. The van der Waals surface area contributed by atoms with Gasteiger partial charge in [-0.1, -0.05) is 37.5 Å². The minimum absolute atomic E-state index is 0.319. The normalized spacial score (nSPS) is 17.3. The van der Waals surface area contributed by atoms with Gasteiger partial charge in [-0.05, 0) is 45.3 Å². The maximum atomic E-state index is 8.73. The molecule has 1 unspecified atom stereocenters. The highest BCUT2D eigenvalue weighted by atomic mass is 16.5. The smallest absolute Gasteiger partial charge is 0.138 e. The van der Waals surface area contributed by atoms with Crippen molar-refractivity contribution >= 4 is 0 Å². The topological polar surface area (TPSA) is 45.6 Å². The van der Waals surface area contributed by atoms with Crippen molar-refractivity contribution < 1.29 is 9.84 Å². The third-order valence-electron chi connectivity index (χ3n) is 4.77. The number of rotatable bonds is 10. The first-order valence-corrected chi connectivity index (χ1v) is 9.67. The van der Waals surface area contributed by atoms with Gasteiger partial charge in [0.2, 0.25) is 0 Å². The summed E-state index contributed by atoms with van der Waals surface area (Å²) >= 11 is 0. The van der Waals surface area contributed by atoms with Crippen molar-refractivity contribution in [3.63, 3.8) is 0 Å². The Bertz CT molecular complexity index is 550. The van der Waals surface area contributed by atoms with Gasteiger partial charge in [0.25, 0.3) is 0 Å². The number of unbranched alkanes of at least 4 members (excludes halogenated alkanes) is 6. The molecule has 2 heterocycles. The number of ether oxygens (including phenoxy) is 1. The quantitative estimate of drug-likeness (QED) is 0.520. The second-order valence-electron chi connectivity index (χ2n) is 6.89. The number of pyridine rings is 1. The molecule has 0 aromatic carbocycles. The lowest BCUT2D eigenvalue weighted by Gasteiger charge is -2.19. The fraction of sp³-hybridized carbons (Fsp3) is 0.667. The van der Waals surface area contributed by atoms with Crippen LogP contribution in [0, 0.1) is 11.8 Å². The lowest BCUT2D eigenvalue weighted by molar-refractivity contribution is 0.198. The molecule has 0 spiro atoms. The molecule has 1 aromatic heterocycles. The van der Waals surface area contributed by atoms with Crippen LogP contribution >= 0.6 is 0 Å². The van der Waals surface area contributed by atoms with Gasteiger partial charge in [-0.25, -0.2) is 0 Å². The molecule has 0 radical (unpaired) electrons. The highest BCUT2D eigenvalue weighted by molar-refractivity contribution is 5.36. The standard InChI is InChI=1S/C21H32N2O2/c1-23-13-10-12-20(23)18-25-21-15-19(16-22-17-21)11-8-6-4-2-3-5-7-9-14-24/h15-17,20,24H,2-7,9-10,12-14,18H2,1H3. The van der Waals surface area contributed by atoms with E-state index in [1.54, 1.807) is 12.4 Å². The number of aromatic nitrogens is 1. The maximum absolute atomic E-state index is 8.73. The molecule has 138 valence electrons. The van der Waals surface area contributed by atoms with Crippen molar-refractivity contribution in [2.24, 2.45) is 0 Å². The molecule has 1 aliphatic rings. The Hall–Kier alpha value is -1.57. The van der Waals surface area contributed by atoms with E-state index in [-0.39, 0.29) is 0 Å². The number of aliphatic hydroxyl groups is 1. The van der Waals surface area contributed by atoms with Crippen molar-refractivity contribution in [2.45, 2.75) is 63.8 Å². The van der Waals surface area contributed by atoms with Crippen LogP contribution in [0.4, 0.5) is 0 Å². The Balaban J connectivity index is 1.65. The van der Waals surface area contributed by atoms with Crippen LogP contribution in [0.25, 0.3) is 0 Å². The summed E-state index contributed by atoms with van der Waals surface area (Å²) in [6.07, 6.45) is 13.9. The van der Waals surface area contributed by atoms with E-state index < -0.39 is 0 Å². The predicted octanol–water partition coefficient (Wildman–Crippen LogP) is 3.63. The van der Waals surface area contributed by atoms with Crippen molar-refractivity contribution in [1.29, 1.82) is 0 Å². The van der Waals surface area contributed by atoms with Crippen molar-refractivity contribution in [2.75, 3.05) is 26.8 Å². The summed E-state index contributed by atoms with van der Waals surface area (Å²) in [5.41, 5.74) is 0.931. The molecule has 0 saturated carbocycles. The Labute approximate surface area is 152 Å². The van der Waals surface area contributed by atoms with Crippen LogP contribution in [-0.2, 0) is 0 Å². The molecule has 1 aromatic rings. The molecular weight excluding hydrogens is 312 g/mol. The number of likely N-dealkylation sites (tertiary alicyclic amines) is 1. The average molecular weight is 344 g/mol. The zero-order chi connectivity index (χ0) is 17.7. The Kier molecular flexibility index (Phi) is 9.40. The molecule has 1 atom stereocenters. The minimum Gasteiger partial charge on any atom is -0.490 e. The molecule has 0 aliphatic carbocycles. The zero-order valence-corrected chi connectivity index (χ0v) is 15.5. The molecule has 1 N–H and O–H groups in total. The number of likely N-dealkylation sites (N-methyl/N-ethyl adjacent to an activating group) is 1. The van der Waals surface area contributed by atoms with Crippen molar-refractivity contribution in [1.82, 2.24) is 9.88 Å². The fourth-order valence-electron chi connectivity index (χ4n) is 3.15. The number of nitrogens with zero attached hydrogens (tertiary/aromatic N) is 2. The highest BCUT2D eigenvalue weighted by Crippen LogP contribution is 2.17. The zero-order valence-electron chi connectivity index (χ0n) is 15.5. The minimum atomic E-state index is 0.319. The van der Waals surface area contributed by atoms with E-state index in [0.29, 0.717) is 12.6 Å². The number of aliphatic hydroxyl groups excluding tert-OH is 1. The van der Waals surface area contributed by atoms with Crippen molar-refractivity contribution in [3.8, 4) is 17.6 Å². The van der Waals surface area contributed by atoms with Crippen LogP contribution in [0.15, 0.2) is 18.5 Å². The molecule has 1 saturated heterocycles. The largest absolute Gasteiger partial charge is 0.490 e. The summed E-state index contributed by atoms with van der Waals surface area (Å²) in [5.74, 6) is 7.25. The first-order valence-electron chi connectivity index (χ1n) is 9.67. The molecule has 0 bridgehead atoms. The summed E-state index contributed by atoms with van der Waals surface area (Å²) in [4.78, 5) is 6.61. The molecule has 2 rings (SSSR count). The summed E-state index contributed by atoms with van der Waals surface area (Å²) in [5, 5.41) is 8.73. The van der Waals surface area contributed by atoms with Crippen LogP contribution in [-0.4, -0.2) is 47.8 Å². The van der Waals surface area contributed by atoms with Gasteiger partial charge in [-0.2, -0.15) is 0 Å². The van der Waals surface area contributed by atoms with Crippen LogP contribution in [0.1, 0.15) is 63.4 Å². The first kappa shape index (κ1) is 19.8. The lowest BCUT2D eigenvalue weighted by Crippen LogP contribution is -2.30.